The number of hydrogen-bond acceptors (Lipinski definition) is 4. The molecule has 0 spiro atoms. The summed E-state index contributed by atoms with van der Waals surface area (Å²) >= 11 is 0. The highest BCUT2D eigenvalue weighted by atomic mass is 127. The SMILES string of the molecule is CCNC(=NCCN(CC)C(C)C)N1CCN(c2cnn(C)c2)C(=O)C1.I. The number of aryl methyl sites for hydroxylation is 1. The van der Waals surface area contributed by atoms with E-state index in [9.17, 15) is 4.79 Å². The van der Waals surface area contributed by atoms with Crippen LogP contribution in [0.25, 0.3) is 0 Å². The first-order valence-corrected chi connectivity index (χ1v) is 9.52. The van der Waals surface area contributed by atoms with E-state index >= 15 is 0 Å². The van der Waals surface area contributed by atoms with Crippen molar-refractivity contribution in [2.24, 2.45) is 12.0 Å². The highest BCUT2D eigenvalue weighted by Crippen LogP contribution is 2.16. The van der Waals surface area contributed by atoms with Gasteiger partial charge in [-0.25, -0.2) is 0 Å². The zero-order chi connectivity index (χ0) is 19.1. The van der Waals surface area contributed by atoms with Gasteiger partial charge in [-0.1, -0.05) is 6.92 Å². The van der Waals surface area contributed by atoms with Gasteiger partial charge in [-0.2, -0.15) is 5.10 Å². The summed E-state index contributed by atoms with van der Waals surface area (Å²) in [4.78, 5) is 23.6. The monoisotopic (exact) mass is 491 g/mol. The van der Waals surface area contributed by atoms with E-state index in [0.717, 1.165) is 44.4 Å². The number of nitrogens with zero attached hydrogens (tertiary/aromatic N) is 6. The van der Waals surface area contributed by atoms with Crippen LogP contribution in [0.3, 0.4) is 0 Å². The third-order valence-electron chi connectivity index (χ3n) is 4.64. The first-order valence-electron chi connectivity index (χ1n) is 9.52. The fourth-order valence-electron chi connectivity index (χ4n) is 3.17. The molecule has 0 saturated carbocycles. The Morgan fingerprint density at radius 1 is 1.37 bits per heavy atom. The standard InChI is InChI=1S/C18H33N7O.HI/c1-6-19-18(20-8-9-23(7-2)15(3)4)24-10-11-25(17(26)14-24)16-12-21-22(5)13-16;/h12-13,15H,6-11,14H2,1-5H3,(H,19,20);1H. The Kier molecular flexibility index (Phi) is 10.1. The predicted molar refractivity (Wildman–Crippen MR) is 121 cm³/mol. The number of hydrogen-bond donors (Lipinski definition) is 1. The van der Waals surface area contributed by atoms with E-state index in [1.54, 1.807) is 15.8 Å². The van der Waals surface area contributed by atoms with Gasteiger partial charge in [0.2, 0.25) is 5.91 Å². The van der Waals surface area contributed by atoms with Crippen molar-refractivity contribution in [2.45, 2.75) is 33.7 Å². The molecule has 2 rings (SSSR count). The fourth-order valence-corrected chi connectivity index (χ4v) is 3.17. The number of rotatable bonds is 7. The summed E-state index contributed by atoms with van der Waals surface area (Å²) in [6.07, 6.45) is 3.61. The number of nitrogens with one attached hydrogen (secondary N) is 1. The number of halogens is 1. The van der Waals surface area contributed by atoms with E-state index in [4.69, 9.17) is 4.99 Å². The molecule has 27 heavy (non-hydrogen) atoms. The highest BCUT2D eigenvalue weighted by molar-refractivity contribution is 14.0. The van der Waals surface area contributed by atoms with Crippen LogP contribution >= 0.6 is 24.0 Å². The normalized spacial score (nSPS) is 15.5. The van der Waals surface area contributed by atoms with Gasteiger partial charge in [0.05, 0.1) is 18.4 Å². The molecule has 1 N–H and O–H groups in total. The number of guanidine groups is 1. The van der Waals surface area contributed by atoms with Gasteiger partial charge in [-0.3, -0.25) is 19.4 Å². The smallest absolute Gasteiger partial charge is 0.246 e. The first kappa shape index (κ1) is 23.7. The average molecular weight is 491 g/mol. The van der Waals surface area contributed by atoms with Crippen LogP contribution < -0.4 is 10.2 Å². The van der Waals surface area contributed by atoms with Gasteiger partial charge in [-0.05, 0) is 27.3 Å². The molecule has 0 bridgehead atoms. The maximum absolute atomic E-state index is 12.6. The summed E-state index contributed by atoms with van der Waals surface area (Å²) in [5, 5.41) is 7.48. The maximum Gasteiger partial charge on any atom is 0.246 e. The predicted octanol–water partition coefficient (Wildman–Crippen LogP) is 1.38. The lowest BCUT2D eigenvalue weighted by molar-refractivity contribution is -0.120. The quantitative estimate of drug-likeness (QED) is 0.355. The molecular weight excluding hydrogens is 457 g/mol. The van der Waals surface area contributed by atoms with Crippen molar-refractivity contribution >= 4 is 41.5 Å². The second-order valence-electron chi connectivity index (χ2n) is 6.80. The largest absolute Gasteiger partial charge is 0.357 e. The van der Waals surface area contributed by atoms with Crippen LogP contribution in [-0.2, 0) is 11.8 Å². The molecule has 1 saturated heterocycles. The number of carbonyl (C=O) groups excluding carboxylic acids is 1. The maximum atomic E-state index is 12.6. The molecule has 0 radical (unpaired) electrons. The number of carbonyl (C=O) groups is 1. The molecule has 1 aromatic heterocycles. The van der Waals surface area contributed by atoms with E-state index in [1.165, 1.54) is 0 Å². The number of amides is 1. The van der Waals surface area contributed by atoms with Gasteiger partial charge in [0.1, 0.15) is 6.54 Å². The summed E-state index contributed by atoms with van der Waals surface area (Å²) in [5.41, 5.74) is 0.856. The summed E-state index contributed by atoms with van der Waals surface area (Å²) in [6, 6.07) is 0.516. The Hall–Kier alpha value is -1.36. The van der Waals surface area contributed by atoms with Crippen molar-refractivity contribution in [2.75, 3.05) is 50.7 Å². The Bertz CT molecular complexity index is 617. The molecule has 0 unspecified atom stereocenters. The van der Waals surface area contributed by atoms with Crippen molar-refractivity contribution < 1.29 is 4.79 Å². The minimum atomic E-state index is 0. The lowest BCUT2D eigenvalue weighted by Crippen LogP contribution is -2.55. The molecule has 1 aromatic rings. The molecule has 1 amide bonds. The lowest BCUT2D eigenvalue weighted by Gasteiger charge is -2.35. The summed E-state index contributed by atoms with van der Waals surface area (Å²) < 4.78 is 1.72. The van der Waals surface area contributed by atoms with Crippen LogP contribution in [0, 0.1) is 0 Å². The molecule has 8 nitrogen and oxygen atoms in total. The molecule has 0 aliphatic carbocycles. The topological polar surface area (TPSA) is 69.0 Å². The van der Waals surface area contributed by atoms with E-state index in [2.05, 4.69) is 43.0 Å². The van der Waals surface area contributed by atoms with E-state index in [1.807, 2.05) is 18.1 Å². The number of aromatic nitrogens is 2. The number of anilines is 1. The molecule has 1 aliphatic heterocycles. The van der Waals surface area contributed by atoms with Crippen LogP contribution in [0.1, 0.15) is 27.7 Å². The minimum absolute atomic E-state index is 0. The third-order valence-corrected chi connectivity index (χ3v) is 4.64. The molecular formula is C18H34IN7O. The van der Waals surface area contributed by atoms with E-state index in [-0.39, 0.29) is 29.9 Å². The van der Waals surface area contributed by atoms with Crippen LogP contribution in [0.4, 0.5) is 5.69 Å². The van der Waals surface area contributed by atoms with Gasteiger partial charge in [0, 0.05) is 45.5 Å². The van der Waals surface area contributed by atoms with Crippen LogP contribution in [0.2, 0.25) is 0 Å². The Labute approximate surface area is 180 Å². The van der Waals surface area contributed by atoms with Gasteiger partial charge in [0.15, 0.2) is 5.96 Å². The van der Waals surface area contributed by atoms with Gasteiger partial charge >= 0.3 is 0 Å². The van der Waals surface area contributed by atoms with E-state index in [0.29, 0.717) is 19.1 Å². The summed E-state index contributed by atoms with van der Waals surface area (Å²) in [6.45, 7) is 13.8. The second-order valence-corrected chi connectivity index (χ2v) is 6.80. The van der Waals surface area contributed by atoms with Crippen LogP contribution in [-0.4, -0.2) is 83.3 Å². The van der Waals surface area contributed by atoms with Gasteiger partial charge in [0.25, 0.3) is 0 Å². The van der Waals surface area contributed by atoms with Crippen molar-refractivity contribution in [3.8, 4) is 0 Å². The van der Waals surface area contributed by atoms with Crippen LogP contribution in [0.15, 0.2) is 17.4 Å². The minimum Gasteiger partial charge on any atom is -0.357 e. The molecule has 9 heteroatoms. The fraction of sp³-hybridized carbons (Fsp3) is 0.722. The van der Waals surface area contributed by atoms with E-state index < -0.39 is 0 Å². The van der Waals surface area contributed by atoms with Crippen LogP contribution in [0.5, 0.6) is 0 Å². The number of piperazine rings is 1. The first-order chi connectivity index (χ1) is 12.5. The zero-order valence-corrected chi connectivity index (χ0v) is 19.5. The summed E-state index contributed by atoms with van der Waals surface area (Å²) in [7, 11) is 1.86. The Balaban J connectivity index is 0.00000364. The molecule has 0 aromatic carbocycles. The van der Waals surface area contributed by atoms with Crippen molar-refractivity contribution in [3.63, 3.8) is 0 Å². The zero-order valence-electron chi connectivity index (χ0n) is 17.2. The third kappa shape index (κ3) is 6.63. The second kappa shape index (κ2) is 11.5. The Morgan fingerprint density at radius 3 is 2.63 bits per heavy atom. The van der Waals surface area contributed by atoms with Crippen molar-refractivity contribution in [1.82, 2.24) is 24.9 Å². The Morgan fingerprint density at radius 2 is 2.11 bits per heavy atom. The number of likely N-dealkylation sites (N-methyl/N-ethyl adjacent to an activating group) is 1. The van der Waals surface area contributed by atoms with Crippen molar-refractivity contribution in [1.29, 1.82) is 0 Å². The molecule has 154 valence electrons. The molecule has 2 heterocycles. The van der Waals surface area contributed by atoms with Crippen molar-refractivity contribution in [3.05, 3.63) is 12.4 Å². The summed E-state index contributed by atoms with van der Waals surface area (Å²) in [5.74, 6) is 0.902. The van der Waals surface area contributed by atoms with Gasteiger partial charge < -0.3 is 15.1 Å². The average Bonchev–Trinajstić information content (AvgIpc) is 3.03. The molecule has 1 fully saturated rings. The lowest BCUT2D eigenvalue weighted by atomic mass is 10.3. The molecule has 0 atom stereocenters. The van der Waals surface area contributed by atoms with Gasteiger partial charge in [-0.15, -0.1) is 24.0 Å². The highest BCUT2D eigenvalue weighted by Gasteiger charge is 2.27. The molecule has 1 aliphatic rings. The number of aliphatic imine (C=N–C) groups is 1.